The van der Waals surface area contributed by atoms with Gasteiger partial charge in [-0.25, -0.2) is 4.79 Å². The van der Waals surface area contributed by atoms with Gasteiger partial charge in [-0.3, -0.25) is 0 Å². The van der Waals surface area contributed by atoms with Gasteiger partial charge in [0.15, 0.2) is 0 Å². The van der Waals surface area contributed by atoms with Gasteiger partial charge in [-0.1, -0.05) is 41.4 Å². The Morgan fingerprint density at radius 1 is 1.27 bits per heavy atom. The standard InChI is InChI=1S/C17H13N3O2/c1-3-12-6-4-5-7-15(12)16(19-20-18)13-8-10-14(11-9-13)17(21)22-2/h1,4-11,16H,2H3. The lowest BCUT2D eigenvalue weighted by atomic mass is 9.94. The van der Waals surface area contributed by atoms with Crippen LogP contribution in [-0.4, -0.2) is 13.1 Å². The maximum absolute atomic E-state index is 11.5. The van der Waals surface area contributed by atoms with Crippen molar-refractivity contribution in [3.63, 3.8) is 0 Å². The number of rotatable bonds is 4. The summed E-state index contributed by atoms with van der Waals surface area (Å²) < 4.78 is 4.66. The van der Waals surface area contributed by atoms with Gasteiger partial charge in [0.2, 0.25) is 0 Å². The van der Waals surface area contributed by atoms with Gasteiger partial charge in [0.1, 0.15) is 0 Å². The molecule has 1 atom stereocenters. The molecule has 0 saturated carbocycles. The van der Waals surface area contributed by atoms with E-state index in [9.17, 15) is 4.79 Å². The van der Waals surface area contributed by atoms with Crippen LogP contribution in [-0.2, 0) is 4.74 Å². The van der Waals surface area contributed by atoms with Gasteiger partial charge in [0.25, 0.3) is 0 Å². The minimum Gasteiger partial charge on any atom is -0.465 e. The van der Waals surface area contributed by atoms with Crippen molar-refractivity contribution in [1.29, 1.82) is 0 Å². The monoisotopic (exact) mass is 291 g/mol. The number of nitrogens with zero attached hydrogens (tertiary/aromatic N) is 3. The first-order valence-electron chi connectivity index (χ1n) is 6.49. The van der Waals surface area contributed by atoms with Crippen LogP contribution < -0.4 is 0 Å². The molecule has 2 aromatic carbocycles. The molecule has 108 valence electrons. The second-order valence-electron chi connectivity index (χ2n) is 4.45. The Labute approximate surface area is 128 Å². The molecule has 0 fully saturated rings. The SMILES string of the molecule is C#Cc1ccccc1C(N=[N+]=[N-])c1ccc(C(=O)OC)cc1. The largest absolute Gasteiger partial charge is 0.465 e. The fraction of sp³-hybridized carbons (Fsp3) is 0.118. The van der Waals surface area contributed by atoms with E-state index in [1.165, 1.54) is 7.11 Å². The predicted molar refractivity (Wildman–Crippen MR) is 83.1 cm³/mol. The Morgan fingerprint density at radius 2 is 1.95 bits per heavy atom. The Kier molecular flexibility index (Phi) is 4.81. The van der Waals surface area contributed by atoms with E-state index in [0.29, 0.717) is 11.1 Å². The molecule has 0 aliphatic carbocycles. The van der Waals surface area contributed by atoms with Crippen LogP contribution in [0.1, 0.15) is 33.1 Å². The number of carbonyl (C=O) groups excluding carboxylic acids is 1. The van der Waals surface area contributed by atoms with Crippen molar-refractivity contribution in [3.8, 4) is 12.3 Å². The van der Waals surface area contributed by atoms with Gasteiger partial charge in [0, 0.05) is 10.5 Å². The summed E-state index contributed by atoms with van der Waals surface area (Å²) in [6.45, 7) is 0. The highest BCUT2D eigenvalue weighted by Gasteiger charge is 2.16. The van der Waals surface area contributed by atoms with Crippen molar-refractivity contribution in [2.75, 3.05) is 7.11 Å². The van der Waals surface area contributed by atoms with E-state index in [0.717, 1.165) is 11.1 Å². The molecule has 0 aliphatic heterocycles. The van der Waals surface area contributed by atoms with Gasteiger partial charge in [-0.05, 0) is 34.9 Å². The molecule has 0 spiro atoms. The summed E-state index contributed by atoms with van der Waals surface area (Å²) in [5.41, 5.74) is 11.4. The molecule has 0 bridgehead atoms. The Bertz CT molecular complexity index is 769. The third kappa shape index (κ3) is 3.09. The van der Waals surface area contributed by atoms with Crippen LogP contribution in [0.4, 0.5) is 0 Å². The van der Waals surface area contributed by atoms with Crippen LogP contribution in [0, 0.1) is 12.3 Å². The topological polar surface area (TPSA) is 75.1 Å². The minimum atomic E-state index is -0.552. The van der Waals surface area contributed by atoms with E-state index in [1.54, 1.807) is 30.3 Å². The number of ether oxygens (including phenoxy) is 1. The Balaban J connectivity index is 2.47. The summed E-state index contributed by atoms with van der Waals surface area (Å²) >= 11 is 0. The fourth-order valence-electron chi connectivity index (χ4n) is 2.15. The molecular formula is C17H13N3O2. The fourth-order valence-corrected chi connectivity index (χ4v) is 2.15. The number of azide groups is 1. The zero-order chi connectivity index (χ0) is 15.9. The van der Waals surface area contributed by atoms with Crippen molar-refractivity contribution in [2.45, 2.75) is 6.04 Å². The molecule has 22 heavy (non-hydrogen) atoms. The summed E-state index contributed by atoms with van der Waals surface area (Å²) in [7, 11) is 1.32. The molecule has 0 radical (unpaired) electrons. The number of carbonyl (C=O) groups is 1. The molecule has 2 rings (SSSR count). The Morgan fingerprint density at radius 3 is 2.55 bits per heavy atom. The first-order chi connectivity index (χ1) is 10.7. The third-order valence-electron chi connectivity index (χ3n) is 3.23. The lowest BCUT2D eigenvalue weighted by molar-refractivity contribution is 0.0600. The number of benzene rings is 2. The van der Waals surface area contributed by atoms with Crippen molar-refractivity contribution >= 4 is 5.97 Å². The maximum atomic E-state index is 11.5. The summed E-state index contributed by atoms with van der Waals surface area (Å²) in [5, 5.41) is 3.84. The summed E-state index contributed by atoms with van der Waals surface area (Å²) in [6, 6.07) is 13.4. The number of terminal acetylenes is 1. The predicted octanol–water partition coefficient (Wildman–Crippen LogP) is 3.85. The van der Waals surface area contributed by atoms with Crippen LogP contribution in [0.2, 0.25) is 0 Å². The molecule has 0 aromatic heterocycles. The van der Waals surface area contributed by atoms with Gasteiger partial charge in [0.05, 0.1) is 18.7 Å². The van der Waals surface area contributed by atoms with E-state index in [1.807, 2.05) is 18.2 Å². The number of methoxy groups -OCH3 is 1. The minimum absolute atomic E-state index is 0.420. The molecular weight excluding hydrogens is 278 g/mol. The molecule has 0 amide bonds. The Hall–Kier alpha value is -3.22. The van der Waals surface area contributed by atoms with E-state index in [2.05, 4.69) is 20.7 Å². The zero-order valence-electron chi connectivity index (χ0n) is 11.9. The second-order valence-corrected chi connectivity index (χ2v) is 4.45. The zero-order valence-corrected chi connectivity index (χ0v) is 11.9. The van der Waals surface area contributed by atoms with Crippen LogP contribution in [0.25, 0.3) is 10.4 Å². The van der Waals surface area contributed by atoms with Crippen molar-refractivity contribution in [3.05, 3.63) is 81.2 Å². The quantitative estimate of drug-likeness (QED) is 0.282. The maximum Gasteiger partial charge on any atom is 0.337 e. The normalized spacial score (nSPS) is 10.9. The van der Waals surface area contributed by atoms with Crippen LogP contribution in [0.15, 0.2) is 53.6 Å². The first-order valence-corrected chi connectivity index (χ1v) is 6.49. The molecule has 0 heterocycles. The molecule has 0 aliphatic rings. The van der Waals surface area contributed by atoms with Crippen molar-refractivity contribution in [1.82, 2.24) is 0 Å². The van der Waals surface area contributed by atoms with Crippen LogP contribution in [0.5, 0.6) is 0 Å². The number of hydrogen-bond donors (Lipinski definition) is 0. The van der Waals surface area contributed by atoms with Gasteiger partial charge < -0.3 is 4.74 Å². The van der Waals surface area contributed by atoms with E-state index in [-0.39, 0.29) is 0 Å². The van der Waals surface area contributed by atoms with Crippen LogP contribution >= 0.6 is 0 Å². The molecule has 0 saturated heterocycles. The molecule has 5 nitrogen and oxygen atoms in total. The summed E-state index contributed by atoms with van der Waals surface area (Å²) in [6.07, 6.45) is 5.50. The molecule has 5 heteroatoms. The van der Waals surface area contributed by atoms with E-state index < -0.39 is 12.0 Å². The van der Waals surface area contributed by atoms with Crippen LogP contribution in [0.3, 0.4) is 0 Å². The van der Waals surface area contributed by atoms with Gasteiger partial charge >= 0.3 is 5.97 Å². The van der Waals surface area contributed by atoms with Crippen molar-refractivity contribution in [2.24, 2.45) is 5.11 Å². The summed E-state index contributed by atoms with van der Waals surface area (Å²) in [5.74, 6) is 2.17. The molecule has 0 N–H and O–H groups in total. The third-order valence-corrected chi connectivity index (χ3v) is 3.23. The average Bonchev–Trinajstić information content (AvgIpc) is 2.59. The van der Waals surface area contributed by atoms with Crippen molar-refractivity contribution < 1.29 is 9.53 Å². The highest BCUT2D eigenvalue weighted by atomic mass is 16.5. The van der Waals surface area contributed by atoms with Gasteiger partial charge in [-0.2, -0.15) is 0 Å². The van der Waals surface area contributed by atoms with Gasteiger partial charge in [-0.15, -0.1) is 6.42 Å². The average molecular weight is 291 g/mol. The highest BCUT2D eigenvalue weighted by molar-refractivity contribution is 5.89. The first kappa shape index (κ1) is 15.2. The lowest BCUT2D eigenvalue weighted by Gasteiger charge is -2.14. The number of hydrogen-bond acceptors (Lipinski definition) is 3. The molecule has 2 aromatic rings. The number of esters is 1. The summed E-state index contributed by atoms with van der Waals surface area (Å²) in [4.78, 5) is 14.4. The lowest BCUT2D eigenvalue weighted by Crippen LogP contribution is -2.03. The van der Waals surface area contributed by atoms with E-state index in [4.69, 9.17) is 12.0 Å². The van der Waals surface area contributed by atoms with E-state index >= 15 is 0 Å². The smallest absolute Gasteiger partial charge is 0.337 e. The second kappa shape index (κ2) is 6.98. The highest BCUT2D eigenvalue weighted by Crippen LogP contribution is 2.29. The molecule has 1 unspecified atom stereocenters.